The van der Waals surface area contributed by atoms with Crippen molar-refractivity contribution in [1.29, 1.82) is 0 Å². The summed E-state index contributed by atoms with van der Waals surface area (Å²) in [7, 11) is 0. The highest BCUT2D eigenvalue weighted by Crippen LogP contribution is 2.32. The first kappa shape index (κ1) is 12.1. The number of benzene rings is 2. The van der Waals surface area contributed by atoms with Crippen molar-refractivity contribution in [2.24, 2.45) is 0 Å². The Hall–Kier alpha value is -2.95. The van der Waals surface area contributed by atoms with Crippen LogP contribution in [-0.2, 0) is 0 Å². The fourth-order valence-corrected chi connectivity index (χ4v) is 2.27. The Morgan fingerprint density at radius 2 is 1.50 bits per heavy atom. The second-order valence-electron chi connectivity index (χ2n) is 4.35. The monoisotopic (exact) mass is 266 g/mol. The van der Waals surface area contributed by atoms with Crippen molar-refractivity contribution in [2.75, 3.05) is 0 Å². The molecule has 1 heterocycles. The predicted octanol–water partition coefficient (Wildman–Crippen LogP) is 3.10. The van der Waals surface area contributed by atoms with E-state index in [9.17, 15) is 14.9 Å². The third-order valence-electron chi connectivity index (χ3n) is 3.15. The zero-order chi connectivity index (χ0) is 14.1. The Kier molecular flexibility index (Phi) is 2.80. The van der Waals surface area contributed by atoms with Crippen LogP contribution in [0.5, 0.6) is 0 Å². The van der Waals surface area contributed by atoms with Gasteiger partial charge in [-0.3, -0.25) is 14.9 Å². The highest BCUT2D eigenvalue weighted by atomic mass is 16.6. The van der Waals surface area contributed by atoms with Crippen LogP contribution in [0.2, 0.25) is 0 Å². The van der Waals surface area contributed by atoms with Crippen molar-refractivity contribution in [3.05, 3.63) is 75.1 Å². The first-order valence-electron chi connectivity index (χ1n) is 6.03. The van der Waals surface area contributed by atoms with E-state index in [1.54, 1.807) is 48.5 Å². The number of nitrogens with zero attached hydrogens (tertiary/aromatic N) is 1. The predicted molar refractivity (Wildman–Crippen MR) is 76.7 cm³/mol. The van der Waals surface area contributed by atoms with Gasteiger partial charge in [-0.1, -0.05) is 42.5 Å². The molecule has 0 saturated heterocycles. The molecule has 2 aromatic carbocycles. The maximum Gasteiger partial charge on any atom is 0.301 e. The third-order valence-corrected chi connectivity index (χ3v) is 3.15. The lowest BCUT2D eigenvalue weighted by atomic mass is 10.0. The SMILES string of the molecule is O=c1[nH]c(-c2ccccc2)c([N+](=O)[O-])c2ccccc12. The molecule has 5 nitrogen and oxygen atoms in total. The second kappa shape index (κ2) is 4.62. The molecular weight excluding hydrogens is 256 g/mol. The van der Waals surface area contributed by atoms with Gasteiger partial charge >= 0.3 is 5.69 Å². The summed E-state index contributed by atoms with van der Waals surface area (Å²) in [5, 5.41) is 12.1. The van der Waals surface area contributed by atoms with E-state index in [-0.39, 0.29) is 16.9 Å². The molecule has 0 radical (unpaired) electrons. The molecule has 5 heteroatoms. The molecule has 3 aromatic rings. The molecule has 98 valence electrons. The minimum atomic E-state index is -0.458. The van der Waals surface area contributed by atoms with Gasteiger partial charge in [-0.25, -0.2) is 0 Å². The summed E-state index contributed by atoms with van der Waals surface area (Å²) >= 11 is 0. The van der Waals surface area contributed by atoms with Crippen LogP contribution in [-0.4, -0.2) is 9.91 Å². The lowest BCUT2D eigenvalue weighted by Crippen LogP contribution is -2.10. The van der Waals surface area contributed by atoms with Gasteiger partial charge in [-0.05, 0) is 12.1 Å². The van der Waals surface area contributed by atoms with Gasteiger partial charge in [0, 0.05) is 5.56 Å². The van der Waals surface area contributed by atoms with Crippen LogP contribution >= 0.6 is 0 Å². The summed E-state index contributed by atoms with van der Waals surface area (Å²) in [5.41, 5.74) is 0.442. The van der Waals surface area contributed by atoms with Crippen LogP contribution in [0.4, 0.5) is 5.69 Å². The van der Waals surface area contributed by atoms with Crippen LogP contribution < -0.4 is 5.56 Å². The van der Waals surface area contributed by atoms with E-state index in [1.165, 1.54) is 0 Å². The number of aromatic amines is 1. The van der Waals surface area contributed by atoms with Gasteiger partial charge in [0.15, 0.2) is 0 Å². The lowest BCUT2D eigenvalue weighted by molar-refractivity contribution is -0.382. The number of aromatic nitrogens is 1. The molecule has 0 aliphatic carbocycles. The van der Waals surface area contributed by atoms with Gasteiger partial charge in [-0.15, -0.1) is 0 Å². The van der Waals surface area contributed by atoms with Gasteiger partial charge in [-0.2, -0.15) is 0 Å². The van der Waals surface area contributed by atoms with E-state index in [2.05, 4.69) is 4.98 Å². The zero-order valence-corrected chi connectivity index (χ0v) is 10.4. The number of fused-ring (bicyclic) bond motifs is 1. The number of rotatable bonds is 2. The molecule has 0 aliphatic heterocycles. The van der Waals surface area contributed by atoms with E-state index in [0.29, 0.717) is 16.3 Å². The van der Waals surface area contributed by atoms with Crippen molar-refractivity contribution >= 4 is 16.5 Å². The topological polar surface area (TPSA) is 76.0 Å². The molecule has 0 bridgehead atoms. The Balaban J connectivity index is 2.47. The minimum Gasteiger partial charge on any atom is -0.316 e. The van der Waals surface area contributed by atoms with E-state index in [0.717, 1.165) is 0 Å². The van der Waals surface area contributed by atoms with Crippen LogP contribution in [0.3, 0.4) is 0 Å². The summed E-state index contributed by atoms with van der Waals surface area (Å²) in [6.45, 7) is 0. The number of nitro groups is 1. The minimum absolute atomic E-state index is 0.0774. The fourth-order valence-electron chi connectivity index (χ4n) is 2.27. The fraction of sp³-hybridized carbons (Fsp3) is 0. The van der Waals surface area contributed by atoms with Crippen molar-refractivity contribution in [2.45, 2.75) is 0 Å². The smallest absolute Gasteiger partial charge is 0.301 e. The number of pyridine rings is 1. The van der Waals surface area contributed by atoms with Crippen molar-refractivity contribution in [3.63, 3.8) is 0 Å². The molecule has 0 fully saturated rings. The average molecular weight is 266 g/mol. The number of hydrogen-bond donors (Lipinski definition) is 1. The molecular formula is C15H10N2O3. The molecule has 0 atom stereocenters. The van der Waals surface area contributed by atoms with Crippen molar-refractivity contribution in [3.8, 4) is 11.3 Å². The zero-order valence-electron chi connectivity index (χ0n) is 10.4. The summed E-state index contributed by atoms with van der Waals surface area (Å²) in [6, 6.07) is 15.4. The molecule has 1 N–H and O–H groups in total. The van der Waals surface area contributed by atoms with Crippen LogP contribution in [0.15, 0.2) is 59.4 Å². The normalized spacial score (nSPS) is 10.6. The second-order valence-corrected chi connectivity index (χ2v) is 4.35. The number of nitrogens with one attached hydrogen (secondary N) is 1. The summed E-state index contributed by atoms with van der Waals surface area (Å²) in [5.74, 6) is 0. The Labute approximate surface area is 113 Å². The van der Waals surface area contributed by atoms with E-state index in [1.807, 2.05) is 6.07 Å². The van der Waals surface area contributed by atoms with Gasteiger partial charge in [0.05, 0.1) is 15.7 Å². The maximum absolute atomic E-state index is 12.1. The molecule has 0 spiro atoms. The van der Waals surface area contributed by atoms with Crippen LogP contribution in [0.25, 0.3) is 22.0 Å². The molecule has 0 unspecified atom stereocenters. The van der Waals surface area contributed by atoms with Crippen LogP contribution in [0.1, 0.15) is 0 Å². The van der Waals surface area contributed by atoms with E-state index >= 15 is 0 Å². The maximum atomic E-state index is 12.1. The molecule has 0 aliphatic rings. The highest BCUT2D eigenvalue weighted by molar-refractivity contribution is 5.95. The molecule has 0 saturated carbocycles. The molecule has 3 rings (SSSR count). The van der Waals surface area contributed by atoms with Crippen LogP contribution in [0, 0.1) is 10.1 Å². The molecule has 20 heavy (non-hydrogen) atoms. The third kappa shape index (κ3) is 1.85. The Morgan fingerprint density at radius 3 is 2.15 bits per heavy atom. The quantitative estimate of drug-likeness (QED) is 0.572. The number of hydrogen-bond acceptors (Lipinski definition) is 3. The summed E-state index contributed by atoms with van der Waals surface area (Å²) in [4.78, 5) is 25.6. The number of H-pyrrole nitrogens is 1. The van der Waals surface area contributed by atoms with E-state index in [4.69, 9.17) is 0 Å². The molecule has 1 aromatic heterocycles. The van der Waals surface area contributed by atoms with Gasteiger partial charge in [0.25, 0.3) is 5.56 Å². The van der Waals surface area contributed by atoms with E-state index < -0.39 is 4.92 Å². The standard InChI is InChI=1S/C15H10N2O3/c18-15-12-9-5-4-8-11(12)14(17(19)20)13(16-15)10-6-2-1-3-7-10/h1-9H,(H,16,18). The molecule has 0 amide bonds. The largest absolute Gasteiger partial charge is 0.316 e. The van der Waals surface area contributed by atoms with Gasteiger partial charge in [0.2, 0.25) is 0 Å². The Morgan fingerprint density at radius 1 is 0.900 bits per heavy atom. The first-order chi connectivity index (χ1) is 9.68. The van der Waals surface area contributed by atoms with Gasteiger partial charge in [0.1, 0.15) is 5.69 Å². The summed E-state index contributed by atoms with van der Waals surface area (Å²) < 4.78 is 0. The summed E-state index contributed by atoms with van der Waals surface area (Å²) in [6.07, 6.45) is 0. The highest BCUT2D eigenvalue weighted by Gasteiger charge is 2.21. The average Bonchev–Trinajstić information content (AvgIpc) is 2.47. The van der Waals surface area contributed by atoms with Crippen molar-refractivity contribution in [1.82, 2.24) is 4.98 Å². The Bertz CT molecular complexity index is 854. The first-order valence-corrected chi connectivity index (χ1v) is 6.03. The lowest BCUT2D eigenvalue weighted by Gasteiger charge is -2.06. The van der Waals surface area contributed by atoms with Gasteiger partial charge < -0.3 is 4.98 Å². The van der Waals surface area contributed by atoms with Crippen molar-refractivity contribution < 1.29 is 4.92 Å².